The first-order chi connectivity index (χ1) is 15.8. The van der Waals surface area contributed by atoms with Crippen molar-refractivity contribution in [2.75, 3.05) is 27.8 Å². The lowest BCUT2D eigenvalue weighted by molar-refractivity contribution is -0.145. The van der Waals surface area contributed by atoms with Crippen molar-refractivity contribution in [1.82, 2.24) is 13.9 Å². The summed E-state index contributed by atoms with van der Waals surface area (Å²) in [5.41, 5.74) is 1.34. The van der Waals surface area contributed by atoms with Crippen LogP contribution in [0.1, 0.15) is 25.6 Å². The third-order valence-corrected chi connectivity index (χ3v) is 6.83. The van der Waals surface area contributed by atoms with E-state index in [0.29, 0.717) is 23.6 Å². The second kappa shape index (κ2) is 10.7. The van der Waals surface area contributed by atoms with Gasteiger partial charge in [0.15, 0.2) is 0 Å². The summed E-state index contributed by atoms with van der Waals surface area (Å²) in [5, 5.41) is 0. The summed E-state index contributed by atoms with van der Waals surface area (Å²) in [6.07, 6.45) is 0.936. The van der Waals surface area contributed by atoms with Gasteiger partial charge in [-0.2, -0.15) is 0 Å². The molecule has 0 fully saturated rings. The van der Waals surface area contributed by atoms with Crippen LogP contribution in [0.4, 0.5) is 0 Å². The van der Waals surface area contributed by atoms with E-state index in [1.807, 2.05) is 11.5 Å². The Morgan fingerprint density at radius 3 is 2.42 bits per heavy atom. The standard InChI is InChI=1S/C23H29N3O6S/c1-5-13-26-21-11-10-19(33(28,29)25(2)3)15-20(21)24-22(26)16-32-23(27)12-14-31-18-8-6-17(30-4)7-9-18/h6-11,15H,5,12-14,16H2,1-4H3. The van der Waals surface area contributed by atoms with Crippen LogP contribution in [0.5, 0.6) is 11.5 Å². The van der Waals surface area contributed by atoms with Crippen molar-refractivity contribution in [3.8, 4) is 11.5 Å². The fourth-order valence-corrected chi connectivity index (χ4v) is 4.18. The van der Waals surface area contributed by atoms with Crippen LogP contribution in [0.25, 0.3) is 11.0 Å². The molecule has 0 saturated heterocycles. The van der Waals surface area contributed by atoms with Gasteiger partial charge >= 0.3 is 5.97 Å². The van der Waals surface area contributed by atoms with E-state index in [0.717, 1.165) is 22.0 Å². The van der Waals surface area contributed by atoms with Gasteiger partial charge in [-0.15, -0.1) is 0 Å². The van der Waals surface area contributed by atoms with Crippen molar-refractivity contribution >= 4 is 27.0 Å². The molecule has 0 aliphatic carbocycles. The molecule has 1 aromatic heterocycles. The summed E-state index contributed by atoms with van der Waals surface area (Å²) < 4.78 is 44.1. The molecule has 0 saturated carbocycles. The Morgan fingerprint density at radius 1 is 1.09 bits per heavy atom. The van der Waals surface area contributed by atoms with E-state index in [1.165, 1.54) is 14.1 Å². The van der Waals surface area contributed by atoms with Gasteiger partial charge < -0.3 is 18.8 Å². The quantitative estimate of drug-likeness (QED) is 0.393. The number of nitrogens with zero attached hydrogens (tertiary/aromatic N) is 3. The van der Waals surface area contributed by atoms with Crippen molar-refractivity contribution in [3.05, 3.63) is 48.3 Å². The summed E-state index contributed by atoms with van der Waals surface area (Å²) in [6, 6.07) is 11.9. The van der Waals surface area contributed by atoms with Crippen LogP contribution in [-0.4, -0.2) is 56.1 Å². The minimum atomic E-state index is -3.57. The van der Waals surface area contributed by atoms with Gasteiger partial charge in [0.25, 0.3) is 0 Å². The lowest BCUT2D eigenvalue weighted by Crippen LogP contribution is -2.22. The molecule has 0 aliphatic heterocycles. The van der Waals surface area contributed by atoms with Crippen molar-refractivity contribution in [2.24, 2.45) is 0 Å². The van der Waals surface area contributed by atoms with Gasteiger partial charge in [-0.3, -0.25) is 4.79 Å². The normalized spacial score (nSPS) is 11.7. The van der Waals surface area contributed by atoms with Gasteiger partial charge in [-0.1, -0.05) is 6.92 Å². The summed E-state index contributed by atoms with van der Waals surface area (Å²) in [5.74, 6) is 1.52. The summed E-state index contributed by atoms with van der Waals surface area (Å²) in [7, 11) is 0.988. The number of aromatic nitrogens is 2. The highest BCUT2D eigenvalue weighted by Gasteiger charge is 2.20. The molecule has 0 N–H and O–H groups in total. The molecule has 2 aromatic carbocycles. The zero-order valence-electron chi connectivity index (χ0n) is 19.3. The molecule has 178 valence electrons. The molecule has 10 heteroatoms. The Bertz CT molecular complexity index is 1200. The average Bonchev–Trinajstić information content (AvgIpc) is 3.15. The number of sulfonamides is 1. The van der Waals surface area contributed by atoms with E-state index in [2.05, 4.69) is 4.98 Å². The van der Waals surface area contributed by atoms with Gasteiger partial charge in [-0.05, 0) is 48.9 Å². The van der Waals surface area contributed by atoms with Crippen molar-refractivity contribution in [2.45, 2.75) is 37.8 Å². The van der Waals surface area contributed by atoms with Crippen LogP contribution in [0.2, 0.25) is 0 Å². The Labute approximate surface area is 193 Å². The number of ether oxygens (including phenoxy) is 3. The second-order valence-electron chi connectivity index (χ2n) is 7.55. The zero-order chi connectivity index (χ0) is 24.0. The molecule has 0 radical (unpaired) electrons. The van der Waals surface area contributed by atoms with Crippen molar-refractivity contribution in [3.63, 3.8) is 0 Å². The molecule has 1 heterocycles. The molecule has 0 bridgehead atoms. The van der Waals surface area contributed by atoms with Gasteiger partial charge in [0, 0.05) is 20.6 Å². The smallest absolute Gasteiger partial charge is 0.309 e. The fourth-order valence-electron chi connectivity index (χ4n) is 3.26. The first-order valence-electron chi connectivity index (χ1n) is 10.6. The lowest BCUT2D eigenvalue weighted by Gasteiger charge is -2.11. The molecule has 0 atom stereocenters. The molecule has 9 nitrogen and oxygen atoms in total. The van der Waals surface area contributed by atoms with Crippen molar-refractivity contribution in [1.29, 1.82) is 0 Å². The minimum Gasteiger partial charge on any atom is -0.497 e. The second-order valence-corrected chi connectivity index (χ2v) is 9.70. The fraction of sp³-hybridized carbons (Fsp3) is 0.391. The number of hydrogen-bond donors (Lipinski definition) is 0. The zero-order valence-corrected chi connectivity index (χ0v) is 20.1. The maximum Gasteiger partial charge on any atom is 0.309 e. The van der Waals surface area contributed by atoms with E-state index >= 15 is 0 Å². The molecule has 0 unspecified atom stereocenters. The van der Waals surface area contributed by atoms with Crippen LogP contribution in [0.15, 0.2) is 47.4 Å². The molecule has 0 spiro atoms. The van der Waals surface area contributed by atoms with Gasteiger partial charge in [0.1, 0.15) is 23.9 Å². The predicted molar refractivity (Wildman–Crippen MR) is 124 cm³/mol. The highest BCUT2D eigenvalue weighted by atomic mass is 32.2. The van der Waals surface area contributed by atoms with E-state index in [-0.39, 0.29) is 24.5 Å². The molecule has 0 aliphatic rings. The number of aryl methyl sites for hydroxylation is 1. The maximum atomic E-state index is 12.4. The maximum absolute atomic E-state index is 12.4. The number of fused-ring (bicyclic) bond motifs is 1. The largest absolute Gasteiger partial charge is 0.497 e. The average molecular weight is 476 g/mol. The number of methoxy groups -OCH3 is 1. The molecule has 3 aromatic rings. The molecule has 33 heavy (non-hydrogen) atoms. The topological polar surface area (TPSA) is 100.0 Å². The number of esters is 1. The van der Waals surface area contributed by atoms with E-state index in [9.17, 15) is 13.2 Å². The van der Waals surface area contributed by atoms with Gasteiger partial charge in [0.2, 0.25) is 10.0 Å². The van der Waals surface area contributed by atoms with Crippen LogP contribution in [-0.2, 0) is 32.7 Å². The Kier molecular flexibility index (Phi) is 7.93. The third-order valence-electron chi connectivity index (χ3n) is 5.02. The number of carbonyl (C=O) groups excluding carboxylic acids is 1. The van der Waals surface area contributed by atoms with Crippen LogP contribution in [0, 0.1) is 0 Å². The Hall–Kier alpha value is -3.11. The minimum absolute atomic E-state index is 0.00812. The lowest BCUT2D eigenvalue weighted by atomic mass is 10.3. The highest BCUT2D eigenvalue weighted by Crippen LogP contribution is 2.23. The molecular formula is C23H29N3O6S. The molecular weight excluding hydrogens is 446 g/mol. The third kappa shape index (κ3) is 5.82. The van der Waals surface area contributed by atoms with E-state index in [4.69, 9.17) is 14.2 Å². The summed E-state index contributed by atoms with van der Waals surface area (Å²) in [4.78, 5) is 16.9. The number of rotatable bonds is 11. The first-order valence-corrected chi connectivity index (χ1v) is 12.0. The Morgan fingerprint density at radius 2 is 1.79 bits per heavy atom. The molecule has 3 rings (SSSR count). The summed E-state index contributed by atoms with van der Waals surface area (Å²) in [6.45, 7) is 2.88. The van der Waals surface area contributed by atoms with Crippen LogP contribution >= 0.6 is 0 Å². The number of hydrogen-bond acceptors (Lipinski definition) is 7. The van der Waals surface area contributed by atoms with Crippen LogP contribution in [0.3, 0.4) is 0 Å². The number of carbonyl (C=O) groups is 1. The van der Waals surface area contributed by atoms with Crippen molar-refractivity contribution < 1.29 is 27.4 Å². The van der Waals surface area contributed by atoms with Crippen LogP contribution < -0.4 is 9.47 Å². The highest BCUT2D eigenvalue weighted by molar-refractivity contribution is 7.89. The SMILES string of the molecule is CCCn1c(COC(=O)CCOc2ccc(OC)cc2)nc2cc(S(=O)(=O)N(C)C)ccc21. The van der Waals surface area contributed by atoms with Gasteiger partial charge in [0.05, 0.1) is 36.1 Å². The van der Waals surface area contributed by atoms with Gasteiger partial charge in [-0.25, -0.2) is 17.7 Å². The number of imidazole rings is 1. The van der Waals surface area contributed by atoms with E-state index in [1.54, 1.807) is 49.6 Å². The molecule has 0 amide bonds. The number of benzene rings is 2. The summed E-state index contributed by atoms with van der Waals surface area (Å²) >= 11 is 0. The predicted octanol–water partition coefficient (Wildman–Crippen LogP) is 3.22. The first kappa shape index (κ1) is 24.5. The monoisotopic (exact) mass is 475 g/mol. The Balaban J connectivity index is 1.65. The van der Waals surface area contributed by atoms with E-state index < -0.39 is 16.0 Å².